The van der Waals surface area contributed by atoms with Crippen LogP contribution in [-0.2, 0) is 16.0 Å². The summed E-state index contributed by atoms with van der Waals surface area (Å²) < 4.78 is 10.0. The number of hydrogen-bond donors (Lipinski definition) is 1. The average molecular weight is 313 g/mol. The van der Waals surface area contributed by atoms with E-state index in [1.807, 2.05) is 24.3 Å². The summed E-state index contributed by atoms with van der Waals surface area (Å²) in [7, 11) is 1.59. The van der Waals surface area contributed by atoms with Crippen molar-refractivity contribution < 1.29 is 19.1 Å². The molecule has 2 aromatic rings. The summed E-state index contributed by atoms with van der Waals surface area (Å²) in [6, 6.07) is 14.0. The molecule has 0 unspecified atom stereocenters. The maximum atomic E-state index is 12.1. The van der Waals surface area contributed by atoms with Crippen LogP contribution in [0.15, 0.2) is 48.5 Å². The third-order valence-corrected chi connectivity index (χ3v) is 3.18. The summed E-state index contributed by atoms with van der Waals surface area (Å²) in [6.07, 6.45) is 0.247. The Morgan fingerprint density at radius 3 is 2.48 bits per heavy atom. The van der Waals surface area contributed by atoms with Gasteiger partial charge in [-0.3, -0.25) is 4.79 Å². The van der Waals surface area contributed by atoms with Gasteiger partial charge < -0.3 is 14.8 Å². The molecule has 0 radical (unpaired) electrons. The van der Waals surface area contributed by atoms with Crippen molar-refractivity contribution >= 4 is 17.6 Å². The zero-order valence-corrected chi connectivity index (χ0v) is 13.2. The second-order valence-corrected chi connectivity index (χ2v) is 4.87. The Balaban J connectivity index is 1.96. The van der Waals surface area contributed by atoms with E-state index in [1.54, 1.807) is 38.3 Å². The Labute approximate surface area is 135 Å². The first kappa shape index (κ1) is 16.5. The second kappa shape index (κ2) is 7.98. The standard InChI is InChI=1S/C18H19NO4/c1-3-23-18(21)14-7-9-15(10-8-14)19-17(20)12-13-5-4-6-16(11-13)22-2/h4-11H,3,12H2,1-2H3,(H,19,20). The molecule has 0 heterocycles. The molecule has 23 heavy (non-hydrogen) atoms. The maximum Gasteiger partial charge on any atom is 0.338 e. The highest BCUT2D eigenvalue weighted by Gasteiger charge is 2.08. The number of anilines is 1. The van der Waals surface area contributed by atoms with Gasteiger partial charge in [0.2, 0.25) is 5.91 Å². The van der Waals surface area contributed by atoms with Crippen LogP contribution < -0.4 is 10.1 Å². The third-order valence-electron chi connectivity index (χ3n) is 3.18. The highest BCUT2D eigenvalue weighted by molar-refractivity contribution is 5.94. The lowest BCUT2D eigenvalue weighted by atomic mass is 10.1. The number of ether oxygens (including phenoxy) is 2. The van der Waals surface area contributed by atoms with Gasteiger partial charge in [-0.15, -0.1) is 0 Å². The Kier molecular flexibility index (Phi) is 5.74. The molecule has 0 fully saturated rings. The normalized spacial score (nSPS) is 10.0. The van der Waals surface area contributed by atoms with Gasteiger partial charge in [0, 0.05) is 5.69 Å². The van der Waals surface area contributed by atoms with Gasteiger partial charge in [0.15, 0.2) is 0 Å². The van der Waals surface area contributed by atoms with Crippen molar-refractivity contribution in [1.82, 2.24) is 0 Å². The van der Waals surface area contributed by atoms with Crippen LogP contribution in [0.3, 0.4) is 0 Å². The van der Waals surface area contributed by atoms with Gasteiger partial charge in [-0.05, 0) is 48.9 Å². The Hall–Kier alpha value is -2.82. The van der Waals surface area contributed by atoms with Gasteiger partial charge in [0.25, 0.3) is 0 Å². The van der Waals surface area contributed by atoms with Crippen LogP contribution >= 0.6 is 0 Å². The third kappa shape index (κ3) is 4.85. The van der Waals surface area contributed by atoms with Crippen molar-refractivity contribution in [2.45, 2.75) is 13.3 Å². The number of hydrogen-bond acceptors (Lipinski definition) is 4. The van der Waals surface area contributed by atoms with E-state index in [1.165, 1.54) is 0 Å². The van der Waals surface area contributed by atoms with Gasteiger partial charge in [-0.2, -0.15) is 0 Å². The predicted molar refractivity (Wildman–Crippen MR) is 87.7 cm³/mol. The smallest absolute Gasteiger partial charge is 0.338 e. The molecule has 120 valence electrons. The van der Waals surface area contributed by atoms with Crippen molar-refractivity contribution in [3.63, 3.8) is 0 Å². The molecule has 0 atom stereocenters. The molecule has 5 nitrogen and oxygen atoms in total. The maximum absolute atomic E-state index is 12.1. The number of carbonyl (C=O) groups excluding carboxylic acids is 2. The number of carbonyl (C=O) groups is 2. The number of nitrogens with one attached hydrogen (secondary N) is 1. The van der Waals surface area contributed by atoms with Crippen molar-refractivity contribution in [2.75, 3.05) is 19.0 Å². The SMILES string of the molecule is CCOC(=O)c1ccc(NC(=O)Cc2cccc(OC)c2)cc1. The van der Waals surface area contributed by atoms with Crippen LogP contribution in [0, 0.1) is 0 Å². The van der Waals surface area contributed by atoms with Crippen molar-refractivity contribution in [3.05, 3.63) is 59.7 Å². The molecular formula is C18H19NO4. The van der Waals surface area contributed by atoms with E-state index < -0.39 is 0 Å². The van der Waals surface area contributed by atoms with Gasteiger partial charge >= 0.3 is 5.97 Å². The first-order chi connectivity index (χ1) is 11.1. The molecule has 0 aliphatic rings. The van der Waals surface area contributed by atoms with Crippen LogP contribution in [0.25, 0.3) is 0 Å². The highest BCUT2D eigenvalue weighted by atomic mass is 16.5. The fraction of sp³-hybridized carbons (Fsp3) is 0.222. The topological polar surface area (TPSA) is 64.6 Å². The van der Waals surface area contributed by atoms with Crippen LogP contribution in [0.2, 0.25) is 0 Å². The summed E-state index contributed by atoms with van der Waals surface area (Å²) in [5.74, 6) is 0.206. The molecule has 5 heteroatoms. The number of esters is 1. The largest absolute Gasteiger partial charge is 0.497 e. The van der Waals surface area contributed by atoms with Gasteiger partial charge in [-0.1, -0.05) is 12.1 Å². The van der Waals surface area contributed by atoms with Gasteiger partial charge in [-0.25, -0.2) is 4.79 Å². The minimum atomic E-state index is -0.373. The molecule has 0 saturated carbocycles. The van der Waals surface area contributed by atoms with Crippen LogP contribution in [-0.4, -0.2) is 25.6 Å². The number of amides is 1. The van der Waals surface area contributed by atoms with E-state index >= 15 is 0 Å². The molecule has 2 rings (SSSR count). The van der Waals surface area contributed by atoms with Gasteiger partial charge in [0.05, 0.1) is 25.7 Å². The molecule has 1 N–H and O–H groups in total. The zero-order valence-electron chi connectivity index (χ0n) is 13.2. The molecular weight excluding hydrogens is 294 g/mol. The molecule has 2 aromatic carbocycles. The van der Waals surface area contributed by atoms with Crippen LogP contribution in [0.5, 0.6) is 5.75 Å². The minimum absolute atomic E-state index is 0.137. The summed E-state index contributed by atoms with van der Waals surface area (Å²) >= 11 is 0. The first-order valence-corrected chi connectivity index (χ1v) is 7.32. The summed E-state index contributed by atoms with van der Waals surface area (Å²) in [5.41, 5.74) is 1.95. The predicted octanol–water partition coefficient (Wildman–Crippen LogP) is 3.05. The van der Waals surface area contributed by atoms with Crippen LogP contribution in [0.1, 0.15) is 22.8 Å². The molecule has 0 aliphatic carbocycles. The van der Waals surface area contributed by atoms with Crippen molar-refractivity contribution in [2.24, 2.45) is 0 Å². The zero-order chi connectivity index (χ0) is 16.7. The number of benzene rings is 2. The van der Waals surface area contributed by atoms with E-state index in [9.17, 15) is 9.59 Å². The second-order valence-electron chi connectivity index (χ2n) is 4.87. The van der Waals surface area contributed by atoms with E-state index in [0.29, 0.717) is 23.6 Å². The van der Waals surface area contributed by atoms with Gasteiger partial charge in [0.1, 0.15) is 5.75 Å². The molecule has 1 amide bonds. The van der Waals surface area contributed by atoms with Crippen molar-refractivity contribution in [1.29, 1.82) is 0 Å². The average Bonchev–Trinajstić information content (AvgIpc) is 2.55. The summed E-state index contributed by atoms with van der Waals surface area (Å²) in [4.78, 5) is 23.6. The fourth-order valence-electron chi connectivity index (χ4n) is 2.08. The Morgan fingerprint density at radius 1 is 1.09 bits per heavy atom. The molecule has 0 spiro atoms. The van der Waals surface area contributed by atoms with E-state index in [4.69, 9.17) is 9.47 Å². The number of methoxy groups -OCH3 is 1. The number of rotatable bonds is 6. The quantitative estimate of drug-likeness (QED) is 0.833. The van der Waals surface area contributed by atoms with E-state index in [-0.39, 0.29) is 18.3 Å². The van der Waals surface area contributed by atoms with Crippen LogP contribution in [0.4, 0.5) is 5.69 Å². The van der Waals surface area contributed by atoms with E-state index in [0.717, 1.165) is 5.56 Å². The first-order valence-electron chi connectivity index (χ1n) is 7.32. The summed E-state index contributed by atoms with van der Waals surface area (Å²) in [6.45, 7) is 2.09. The van der Waals surface area contributed by atoms with Crippen molar-refractivity contribution in [3.8, 4) is 5.75 Å². The molecule has 0 aromatic heterocycles. The summed E-state index contributed by atoms with van der Waals surface area (Å²) in [5, 5.41) is 2.79. The molecule has 0 aliphatic heterocycles. The fourth-order valence-corrected chi connectivity index (χ4v) is 2.08. The monoisotopic (exact) mass is 313 g/mol. The Morgan fingerprint density at radius 2 is 1.83 bits per heavy atom. The molecule has 0 bridgehead atoms. The lowest BCUT2D eigenvalue weighted by Gasteiger charge is -2.07. The van der Waals surface area contributed by atoms with E-state index in [2.05, 4.69) is 5.32 Å². The highest BCUT2D eigenvalue weighted by Crippen LogP contribution is 2.15. The minimum Gasteiger partial charge on any atom is -0.497 e. The Bertz CT molecular complexity index is 680. The lowest BCUT2D eigenvalue weighted by Crippen LogP contribution is -2.14. The molecule has 0 saturated heterocycles. The lowest BCUT2D eigenvalue weighted by molar-refractivity contribution is -0.115.